The van der Waals surface area contributed by atoms with Crippen molar-refractivity contribution in [2.75, 3.05) is 13.1 Å². The zero-order valence-corrected chi connectivity index (χ0v) is 13.5. The highest BCUT2D eigenvalue weighted by molar-refractivity contribution is 5.67. The van der Waals surface area contributed by atoms with Crippen LogP contribution < -0.4 is 19.5 Å². The zero-order chi connectivity index (χ0) is 19.7. The van der Waals surface area contributed by atoms with E-state index in [0.29, 0.717) is 24.2 Å². The Morgan fingerprint density at radius 3 is 1.85 bits per heavy atom. The van der Waals surface area contributed by atoms with Gasteiger partial charge in [0.25, 0.3) is 0 Å². The molecule has 0 atom stereocenters. The molecule has 1 N–H and O–H groups in total. The Hall–Kier alpha value is -2.62. The number of benzene rings is 2. The van der Waals surface area contributed by atoms with E-state index in [1.807, 2.05) is 0 Å². The van der Waals surface area contributed by atoms with E-state index in [1.165, 1.54) is 24.3 Å². The molecular formula is C17H13F6NO3. The monoisotopic (exact) mass is 393 g/mol. The number of hydrogen-bond donors (Lipinski definition) is 1. The van der Waals surface area contributed by atoms with Crippen molar-refractivity contribution in [2.24, 2.45) is 0 Å². The van der Waals surface area contributed by atoms with Crippen molar-refractivity contribution in [1.82, 2.24) is 5.32 Å². The zero-order valence-electron chi connectivity index (χ0n) is 13.5. The lowest BCUT2D eigenvalue weighted by Gasteiger charge is -2.28. The molecule has 1 heterocycles. The standard InChI is InChI=1S/C17H13F6NO3/c18-16(19,20)26-12-4-1-10(2-5-12)11-3-6-14(25-13-8-24-9-13)15(7-11)27-17(21,22)23/h1-7,13,24H,8-9H2. The summed E-state index contributed by atoms with van der Waals surface area (Å²) >= 11 is 0. The van der Waals surface area contributed by atoms with E-state index in [9.17, 15) is 26.3 Å². The van der Waals surface area contributed by atoms with Gasteiger partial charge in [-0.2, -0.15) is 0 Å². The third-order valence-electron chi connectivity index (χ3n) is 3.63. The maximum Gasteiger partial charge on any atom is 0.573 e. The second kappa shape index (κ2) is 7.18. The highest BCUT2D eigenvalue weighted by Crippen LogP contribution is 2.37. The normalized spacial score (nSPS) is 15.2. The minimum absolute atomic E-state index is 0.0698. The fourth-order valence-corrected chi connectivity index (χ4v) is 2.36. The van der Waals surface area contributed by atoms with Crippen molar-refractivity contribution in [3.8, 4) is 28.4 Å². The van der Waals surface area contributed by atoms with Gasteiger partial charge in [0.05, 0.1) is 0 Å². The first-order chi connectivity index (χ1) is 12.6. The Balaban J connectivity index is 1.85. The molecule has 10 heteroatoms. The molecule has 0 spiro atoms. The molecule has 0 saturated carbocycles. The van der Waals surface area contributed by atoms with Crippen molar-refractivity contribution in [3.63, 3.8) is 0 Å². The highest BCUT2D eigenvalue weighted by atomic mass is 19.4. The van der Waals surface area contributed by atoms with E-state index in [4.69, 9.17) is 4.74 Å². The van der Waals surface area contributed by atoms with Crippen LogP contribution in [-0.2, 0) is 0 Å². The van der Waals surface area contributed by atoms with Crippen LogP contribution in [0.5, 0.6) is 17.2 Å². The van der Waals surface area contributed by atoms with Crippen LogP contribution in [0, 0.1) is 0 Å². The summed E-state index contributed by atoms with van der Waals surface area (Å²) in [6.45, 7) is 1.02. The van der Waals surface area contributed by atoms with Crippen LogP contribution in [0.25, 0.3) is 11.1 Å². The average molecular weight is 393 g/mol. The summed E-state index contributed by atoms with van der Waals surface area (Å²) in [5.41, 5.74) is 0.695. The summed E-state index contributed by atoms with van der Waals surface area (Å²) in [5.74, 6) is -1.03. The van der Waals surface area contributed by atoms with Gasteiger partial charge < -0.3 is 19.5 Å². The Bertz CT molecular complexity index is 785. The average Bonchev–Trinajstić information content (AvgIpc) is 2.49. The maximum absolute atomic E-state index is 12.7. The predicted octanol–water partition coefficient (Wildman–Crippen LogP) is 4.50. The van der Waals surface area contributed by atoms with E-state index in [2.05, 4.69) is 14.8 Å². The van der Waals surface area contributed by atoms with Gasteiger partial charge in [-0.05, 0) is 35.4 Å². The van der Waals surface area contributed by atoms with Crippen molar-refractivity contribution in [3.05, 3.63) is 42.5 Å². The first kappa shape index (κ1) is 19.2. The van der Waals surface area contributed by atoms with Crippen molar-refractivity contribution < 1.29 is 40.6 Å². The van der Waals surface area contributed by atoms with E-state index < -0.39 is 24.2 Å². The van der Waals surface area contributed by atoms with Crippen LogP contribution in [0.1, 0.15) is 0 Å². The Labute approximate surface area is 149 Å². The van der Waals surface area contributed by atoms with Crippen molar-refractivity contribution in [2.45, 2.75) is 18.8 Å². The minimum Gasteiger partial charge on any atom is -0.484 e. The Morgan fingerprint density at radius 2 is 1.33 bits per heavy atom. The summed E-state index contributed by atoms with van der Waals surface area (Å²) in [6, 6.07) is 8.66. The molecular weight excluding hydrogens is 380 g/mol. The molecule has 27 heavy (non-hydrogen) atoms. The topological polar surface area (TPSA) is 39.7 Å². The number of alkyl halides is 6. The third kappa shape index (κ3) is 5.43. The fourth-order valence-electron chi connectivity index (χ4n) is 2.36. The van der Waals surface area contributed by atoms with Crippen LogP contribution in [0.15, 0.2) is 42.5 Å². The summed E-state index contributed by atoms with van der Waals surface area (Å²) in [7, 11) is 0. The van der Waals surface area contributed by atoms with Gasteiger partial charge in [-0.1, -0.05) is 18.2 Å². The van der Waals surface area contributed by atoms with Crippen LogP contribution in [-0.4, -0.2) is 31.9 Å². The number of nitrogens with one attached hydrogen (secondary N) is 1. The SMILES string of the molecule is FC(F)(F)Oc1ccc(-c2ccc(OC3CNC3)c(OC(F)(F)F)c2)cc1. The highest BCUT2D eigenvalue weighted by Gasteiger charge is 2.33. The smallest absolute Gasteiger partial charge is 0.484 e. The molecule has 2 aromatic carbocycles. The summed E-state index contributed by atoms with van der Waals surface area (Å²) in [4.78, 5) is 0. The predicted molar refractivity (Wildman–Crippen MR) is 82.5 cm³/mol. The minimum atomic E-state index is -4.92. The lowest BCUT2D eigenvalue weighted by atomic mass is 10.0. The van der Waals surface area contributed by atoms with E-state index in [-0.39, 0.29) is 11.9 Å². The molecule has 4 nitrogen and oxygen atoms in total. The summed E-state index contributed by atoms with van der Waals surface area (Å²) in [5, 5.41) is 2.93. The quantitative estimate of drug-likeness (QED) is 0.760. The number of rotatable bonds is 5. The van der Waals surface area contributed by atoms with E-state index >= 15 is 0 Å². The molecule has 3 rings (SSSR count). The number of hydrogen-bond acceptors (Lipinski definition) is 4. The molecule has 1 saturated heterocycles. The number of halogens is 6. The molecule has 1 aliphatic heterocycles. The fraction of sp³-hybridized carbons (Fsp3) is 0.294. The lowest BCUT2D eigenvalue weighted by Crippen LogP contribution is -2.50. The Morgan fingerprint density at radius 1 is 0.741 bits per heavy atom. The first-order valence-corrected chi connectivity index (χ1v) is 7.72. The van der Waals surface area contributed by atoms with Gasteiger partial charge in [0.1, 0.15) is 11.9 Å². The summed E-state index contributed by atoms with van der Waals surface area (Å²) < 4.78 is 87.9. The van der Waals surface area contributed by atoms with E-state index in [0.717, 1.165) is 18.2 Å². The first-order valence-electron chi connectivity index (χ1n) is 7.72. The van der Waals surface area contributed by atoms with Crippen LogP contribution >= 0.6 is 0 Å². The van der Waals surface area contributed by atoms with Gasteiger partial charge in [-0.3, -0.25) is 0 Å². The van der Waals surface area contributed by atoms with Crippen LogP contribution in [0.4, 0.5) is 26.3 Å². The van der Waals surface area contributed by atoms with Crippen molar-refractivity contribution >= 4 is 0 Å². The van der Waals surface area contributed by atoms with Gasteiger partial charge in [0.2, 0.25) is 0 Å². The van der Waals surface area contributed by atoms with Gasteiger partial charge in [-0.15, -0.1) is 26.3 Å². The molecule has 0 amide bonds. The van der Waals surface area contributed by atoms with Crippen LogP contribution in [0.2, 0.25) is 0 Å². The molecule has 0 aliphatic carbocycles. The second-order valence-corrected chi connectivity index (χ2v) is 5.68. The molecule has 0 bridgehead atoms. The van der Waals surface area contributed by atoms with Crippen LogP contribution in [0.3, 0.4) is 0 Å². The molecule has 1 fully saturated rings. The molecule has 1 aliphatic rings. The Kier molecular flexibility index (Phi) is 5.09. The van der Waals surface area contributed by atoms with Crippen molar-refractivity contribution in [1.29, 1.82) is 0 Å². The number of ether oxygens (including phenoxy) is 3. The van der Waals surface area contributed by atoms with Gasteiger partial charge in [-0.25, -0.2) is 0 Å². The van der Waals surface area contributed by atoms with Gasteiger partial charge >= 0.3 is 12.7 Å². The van der Waals surface area contributed by atoms with Gasteiger partial charge in [0.15, 0.2) is 11.5 Å². The molecule has 0 radical (unpaired) electrons. The molecule has 146 valence electrons. The van der Waals surface area contributed by atoms with E-state index in [1.54, 1.807) is 0 Å². The third-order valence-corrected chi connectivity index (χ3v) is 3.63. The molecule has 0 unspecified atom stereocenters. The molecule has 2 aromatic rings. The molecule has 0 aromatic heterocycles. The largest absolute Gasteiger partial charge is 0.573 e. The second-order valence-electron chi connectivity index (χ2n) is 5.68. The summed E-state index contributed by atoms with van der Waals surface area (Å²) in [6.07, 6.45) is -10.0. The van der Waals surface area contributed by atoms with Gasteiger partial charge in [0, 0.05) is 13.1 Å². The maximum atomic E-state index is 12.7. The lowest BCUT2D eigenvalue weighted by molar-refractivity contribution is -0.276.